The Kier molecular flexibility index (Phi) is 5.23. The molecule has 0 bridgehead atoms. The molecule has 0 aliphatic heterocycles. The number of quaternary nitrogens is 1. The minimum atomic E-state index is -0.207. The first-order chi connectivity index (χ1) is 11.5. The molecule has 0 saturated heterocycles. The predicted molar refractivity (Wildman–Crippen MR) is 96.1 cm³/mol. The van der Waals surface area contributed by atoms with E-state index in [1.807, 2.05) is 34.5 Å². The lowest BCUT2D eigenvalue weighted by Gasteiger charge is -2.13. The minimum absolute atomic E-state index is 0.207. The first-order valence-electron chi connectivity index (χ1n) is 7.74. The van der Waals surface area contributed by atoms with Crippen LogP contribution in [0, 0.1) is 10.6 Å². The number of halogens is 1. The second-order valence-corrected chi connectivity index (χ2v) is 7.33. The SMILES string of the molecule is Cn1c(Cc2cccs2)nn(C[NH+](C)Cc2ccc(F)cc2)c1=S. The van der Waals surface area contributed by atoms with Gasteiger partial charge in [0.15, 0.2) is 6.67 Å². The molecule has 0 amide bonds. The van der Waals surface area contributed by atoms with Crippen LogP contribution in [0.25, 0.3) is 0 Å². The van der Waals surface area contributed by atoms with Crippen LogP contribution in [-0.2, 0) is 26.7 Å². The van der Waals surface area contributed by atoms with Crippen LogP contribution >= 0.6 is 23.6 Å². The van der Waals surface area contributed by atoms with Crippen LogP contribution in [0.3, 0.4) is 0 Å². The van der Waals surface area contributed by atoms with E-state index >= 15 is 0 Å². The minimum Gasteiger partial charge on any atom is -0.315 e. The van der Waals surface area contributed by atoms with Gasteiger partial charge in [-0.3, -0.25) is 0 Å². The lowest BCUT2D eigenvalue weighted by Crippen LogP contribution is -3.07. The molecule has 1 atom stereocenters. The Hall–Kier alpha value is -1.83. The van der Waals surface area contributed by atoms with Gasteiger partial charge in [-0.15, -0.1) is 11.3 Å². The lowest BCUT2D eigenvalue weighted by atomic mass is 10.2. The van der Waals surface area contributed by atoms with E-state index < -0.39 is 0 Å². The molecule has 1 N–H and O–H groups in total. The van der Waals surface area contributed by atoms with E-state index in [0.717, 1.165) is 29.1 Å². The van der Waals surface area contributed by atoms with Crippen LogP contribution in [0.5, 0.6) is 0 Å². The normalized spacial score (nSPS) is 12.5. The Balaban J connectivity index is 1.70. The Morgan fingerprint density at radius 3 is 2.67 bits per heavy atom. The Labute approximate surface area is 149 Å². The van der Waals surface area contributed by atoms with Crippen LogP contribution in [0.1, 0.15) is 16.3 Å². The summed E-state index contributed by atoms with van der Waals surface area (Å²) < 4.78 is 17.6. The standard InChI is InChI=1S/C17H19FN4S2/c1-20(11-13-5-7-14(18)8-6-13)12-22-17(23)21(2)16(19-22)10-15-4-3-9-24-15/h3-9H,10-12H2,1-2H3/p+1. The molecule has 126 valence electrons. The van der Waals surface area contributed by atoms with Crippen LogP contribution in [0.4, 0.5) is 4.39 Å². The summed E-state index contributed by atoms with van der Waals surface area (Å²) in [4.78, 5) is 2.51. The zero-order chi connectivity index (χ0) is 17.1. The second-order valence-electron chi connectivity index (χ2n) is 5.93. The summed E-state index contributed by atoms with van der Waals surface area (Å²) in [6.45, 7) is 1.47. The molecule has 1 aromatic carbocycles. The Morgan fingerprint density at radius 2 is 2.00 bits per heavy atom. The second kappa shape index (κ2) is 7.38. The number of hydrogen-bond donors (Lipinski definition) is 1. The number of nitrogens with zero attached hydrogens (tertiary/aromatic N) is 3. The van der Waals surface area contributed by atoms with Crippen LogP contribution in [0.15, 0.2) is 41.8 Å². The molecule has 0 fully saturated rings. The molecule has 24 heavy (non-hydrogen) atoms. The molecular formula is C17H20FN4S2+. The molecule has 3 aromatic rings. The molecule has 0 saturated carbocycles. The van der Waals surface area contributed by atoms with E-state index in [1.54, 1.807) is 11.3 Å². The third kappa shape index (κ3) is 3.98. The van der Waals surface area contributed by atoms with E-state index in [4.69, 9.17) is 12.2 Å². The van der Waals surface area contributed by atoms with Crippen molar-refractivity contribution in [2.45, 2.75) is 19.6 Å². The molecule has 1 unspecified atom stereocenters. The molecule has 3 rings (SSSR count). The highest BCUT2D eigenvalue weighted by Gasteiger charge is 2.12. The van der Waals surface area contributed by atoms with Crippen molar-refractivity contribution in [2.75, 3.05) is 7.05 Å². The Morgan fingerprint density at radius 1 is 1.25 bits per heavy atom. The third-order valence-electron chi connectivity index (χ3n) is 3.88. The number of aromatic nitrogens is 3. The van der Waals surface area contributed by atoms with Crippen molar-refractivity contribution in [2.24, 2.45) is 7.05 Å². The maximum atomic E-state index is 13.0. The maximum absolute atomic E-state index is 13.0. The van der Waals surface area contributed by atoms with Gasteiger partial charge in [0, 0.05) is 23.9 Å². The largest absolute Gasteiger partial charge is 0.315 e. The molecular weight excluding hydrogens is 343 g/mol. The molecule has 4 nitrogen and oxygen atoms in total. The smallest absolute Gasteiger partial charge is 0.202 e. The van der Waals surface area contributed by atoms with E-state index in [2.05, 4.69) is 23.6 Å². The molecule has 0 spiro atoms. The van der Waals surface area contributed by atoms with Crippen molar-refractivity contribution in [1.82, 2.24) is 14.3 Å². The van der Waals surface area contributed by atoms with Gasteiger partial charge in [0.1, 0.15) is 18.2 Å². The van der Waals surface area contributed by atoms with Gasteiger partial charge in [-0.25, -0.2) is 4.39 Å². The molecule has 0 radical (unpaired) electrons. The number of nitrogens with one attached hydrogen (secondary N) is 1. The lowest BCUT2D eigenvalue weighted by molar-refractivity contribution is -0.917. The highest BCUT2D eigenvalue weighted by Crippen LogP contribution is 2.13. The zero-order valence-corrected chi connectivity index (χ0v) is 15.3. The number of rotatable bonds is 6. The summed E-state index contributed by atoms with van der Waals surface area (Å²) in [5.41, 5.74) is 1.09. The summed E-state index contributed by atoms with van der Waals surface area (Å²) in [5, 5.41) is 6.75. The van der Waals surface area contributed by atoms with Crippen molar-refractivity contribution in [1.29, 1.82) is 0 Å². The molecule has 0 aliphatic rings. The van der Waals surface area contributed by atoms with E-state index in [0.29, 0.717) is 6.67 Å². The molecule has 2 aromatic heterocycles. The monoisotopic (exact) mass is 363 g/mol. The summed E-state index contributed by atoms with van der Waals surface area (Å²) in [5.74, 6) is 0.763. The molecule has 0 aliphatic carbocycles. The van der Waals surface area contributed by atoms with Gasteiger partial charge in [-0.2, -0.15) is 9.78 Å². The van der Waals surface area contributed by atoms with Gasteiger partial charge < -0.3 is 9.47 Å². The number of thiophene rings is 1. The molecule has 7 heteroatoms. The van der Waals surface area contributed by atoms with E-state index in [-0.39, 0.29) is 5.82 Å². The quantitative estimate of drug-likeness (QED) is 0.681. The number of hydrogen-bond acceptors (Lipinski definition) is 3. The van der Waals surface area contributed by atoms with Crippen molar-refractivity contribution in [3.05, 3.63) is 68.6 Å². The fraction of sp³-hybridized carbons (Fsp3) is 0.294. The van der Waals surface area contributed by atoms with Gasteiger partial charge in [0.25, 0.3) is 0 Å². The van der Waals surface area contributed by atoms with Gasteiger partial charge in [-0.1, -0.05) is 18.2 Å². The first kappa shape index (κ1) is 17.0. The van der Waals surface area contributed by atoms with Crippen LogP contribution in [-0.4, -0.2) is 21.4 Å². The first-order valence-corrected chi connectivity index (χ1v) is 9.02. The van der Waals surface area contributed by atoms with Gasteiger partial charge in [0.2, 0.25) is 4.77 Å². The summed E-state index contributed by atoms with van der Waals surface area (Å²) in [6.07, 6.45) is 0.793. The summed E-state index contributed by atoms with van der Waals surface area (Å²) >= 11 is 7.24. The van der Waals surface area contributed by atoms with Crippen LogP contribution < -0.4 is 4.90 Å². The van der Waals surface area contributed by atoms with Crippen molar-refractivity contribution in [3.63, 3.8) is 0 Å². The van der Waals surface area contributed by atoms with Gasteiger partial charge in [0.05, 0.1) is 7.05 Å². The van der Waals surface area contributed by atoms with Crippen molar-refractivity contribution < 1.29 is 9.29 Å². The maximum Gasteiger partial charge on any atom is 0.202 e. The summed E-state index contributed by atoms with van der Waals surface area (Å²) in [7, 11) is 4.04. The predicted octanol–water partition coefficient (Wildman–Crippen LogP) is 2.41. The van der Waals surface area contributed by atoms with E-state index in [9.17, 15) is 4.39 Å². The average Bonchev–Trinajstić information content (AvgIpc) is 3.15. The Bertz CT molecular complexity index is 850. The van der Waals surface area contributed by atoms with Crippen molar-refractivity contribution >= 4 is 23.6 Å². The van der Waals surface area contributed by atoms with Gasteiger partial charge >= 0.3 is 0 Å². The fourth-order valence-electron chi connectivity index (χ4n) is 2.62. The third-order valence-corrected chi connectivity index (χ3v) is 5.24. The topological polar surface area (TPSA) is 27.2 Å². The van der Waals surface area contributed by atoms with Crippen LogP contribution in [0.2, 0.25) is 0 Å². The van der Waals surface area contributed by atoms with Gasteiger partial charge in [-0.05, 0) is 35.8 Å². The molecule has 2 heterocycles. The van der Waals surface area contributed by atoms with E-state index in [1.165, 1.54) is 21.9 Å². The fourth-order valence-corrected chi connectivity index (χ4v) is 3.53. The summed E-state index contributed by atoms with van der Waals surface area (Å²) in [6, 6.07) is 10.8. The highest BCUT2D eigenvalue weighted by molar-refractivity contribution is 7.71. The average molecular weight is 364 g/mol. The highest BCUT2D eigenvalue weighted by atomic mass is 32.1. The number of benzene rings is 1. The zero-order valence-electron chi connectivity index (χ0n) is 13.7. The van der Waals surface area contributed by atoms with Crippen molar-refractivity contribution in [3.8, 4) is 0 Å².